The summed E-state index contributed by atoms with van der Waals surface area (Å²) in [5, 5.41) is 4.26. The molecule has 5 nitrogen and oxygen atoms in total. The van der Waals surface area contributed by atoms with Gasteiger partial charge in [0.05, 0.1) is 11.3 Å². The van der Waals surface area contributed by atoms with Gasteiger partial charge in [0.15, 0.2) is 11.3 Å². The number of carbonyl (C=O) groups is 1. The van der Waals surface area contributed by atoms with Crippen molar-refractivity contribution < 1.29 is 9.21 Å². The minimum absolute atomic E-state index is 0.149. The van der Waals surface area contributed by atoms with E-state index >= 15 is 0 Å². The van der Waals surface area contributed by atoms with Gasteiger partial charge in [-0.3, -0.25) is 9.48 Å². The number of hydrogen-bond acceptors (Lipinski definition) is 4. The van der Waals surface area contributed by atoms with Crippen LogP contribution in [0, 0.1) is 20.8 Å². The third-order valence-electron chi connectivity index (χ3n) is 3.47. The van der Waals surface area contributed by atoms with Gasteiger partial charge in [0.2, 0.25) is 5.78 Å². The van der Waals surface area contributed by atoms with Crippen LogP contribution >= 0.6 is 0 Å². The lowest BCUT2D eigenvalue weighted by Crippen LogP contribution is -2.03. The van der Waals surface area contributed by atoms with Crippen molar-refractivity contribution in [2.24, 2.45) is 7.05 Å². The molecule has 3 rings (SSSR count). The molecular formula is C15H15N3O2. The van der Waals surface area contributed by atoms with E-state index in [9.17, 15) is 4.79 Å². The average Bonchev–Trinajstić information content (AvgIpc) is 2.91. The Labute approximate surface area is 116 Å². The summed E-state index contributed by atoms with van der Waals surface area (Å²) in [6.07, 6.45) is 0. The first-order chi connectivity index (χ1) is 9.47. The fraction of sp³-hybridized carbons (Fsp3) is 0.267. The minimum Gasteiger partial charge on any atom is -0.451 e. The van der Waals surface area contributed by atoms with Gasteiger partial charge >= 0.3 is 0 Å². The fourth-order valence-electron chi connectivity index (χ4n) is 2.36. The summed E-state index contributed by atoms with van der Waals surface area (Å²) in [6, 6.07) is 5.38. The quantitative estimate of drug-likeness (QED) is 0.671. The molecule has 0 spiro atoms. The van der Waals surface area contributed by atoms with Gasteiger partial charge in [-0.1, -0.05) is 0 Å². The first-order valence-electron chi connectivity index (χ1n) is 6.39. The number of rotatable bonds is 2. The van der Waals surface area contributed by atoms with E-state index < -0.39 is 0 Å². The van der Waals surface area contributed by atoms with E-state index in [1.807, 2.05) is 40.0 Å². The van der Waals surface area contributed by atoms with Gasteiger partial charge in [-0.05, 0) is 32.9 Å². The number of aromatic nitrogens is 3. The smallest absolute Gasteiger partial charge is 0.231 e. The Kier molecular flexibility index (Phi) is 2.71. The summed E-state index contributed by atoms with van der Waals surface area (Å²) < 4.78 is 7.31. The van der Waals surface area contributed by atoms with Crippen molar-refractivity contribution in [1.29, 1.82) is 0 Å². The lowest BCUT2D eigenvalue weighted by Gasteiger charge is -1.97. The van der Waals surface area contributed by atoms with Crippen LogP contribution in [0.25, 0.3) is 11.1 Å². The van der Waals surface area contributed by atoms with Gasteiger partial charge < -0.3 is 4.42 Å². The molecule has 0 atom stereocenters. The van der Waals surface area contributed by atoms with Gasteiger partial charge in [0.25, 0.3) is 0 Å². The Balaban J connectivity index is 2.12. The van der Waals surface area contributed by atoms with E-state index in [0.29, 0.717) is 28.1 Å². The van der Waals surface area contributed by atoms with Crippen molar-refractivity contribution in [1.82, 2.24) is 14.8 Å². The predicted molar refractivity (Wildman–Crippen MR) is 74.9 cm³/mol. The van der Waals surface area contributed by atoms with E-state index in [1.165, 1.54) is 0 Å². The van der Waals surface area contributed by atoms with Crippen LogP contribution in [-0.4, -0.2) is 20.5 Å². The van der Waals surface area contributed by atoms with Crippen LogP contribution in [0.2, 0.25) is 0 Å². The standard InChI is InChI=1S/C15H15N3O2/c1-8-5-6-12-11(16-8)7-13(20-12)15(19)14-9(2)17-18(4)10(14)3/h5-7H,1-4H3. The molecule has 0 aromatic carbocycles. The highest BCUT2D eigenvalue weighted by atomic mass is 16.3. The van der Waals surface area contributed by atoms with Crippen LogP contribution in [0.4, 0.5) is 0 Å². The normalized spacial score (nSPS) is 11.2. The molecule has 0 aliphatic carbocycles. The zero-order chi connectivity index (χ0) is 14.4. The first-order valence-corrected chi connectivity index (χ1v) is 6.39. The summed E-state index contributed by atoms with van der Waals surface area (Å²) in [4.78, 5) is 16.9. The lowest BCUT2D eigenvalue weighted by molar-refractivity contribution is 0.101. The summed E-state index contributed by atoms with van der Waals surface area (Å²) >= 11 is 0. The Hall–Kier alpha value is -2.43. The fourth-order valence-corrected chi connectivity index (χ4v) is 2.36. The number of aryl methyl sites for hydroxylation is 3. The zero-order valence-corrected chi connectivity index (χ0v) is 11.9. The van der Waals surface area contributed by atoms with Crippen molar-refractivity contribution in [3.05, 3.63) is 46.6 Å². The van der Waals surface area contributed by atoms with Crippen LogP contribution in [0.1, 0.15) is 33.2 Å². The average molecular weight is 269 g/mol. The molecule has 20 heavy (non-hydrogen) atoms. The molecule has 0 radical (unpaired) electrons. The van der Waals surface area contributed by atoms with Gasteiger partial charge in [-0.2, -0.15) is 5.10 Å². The van der Waals surface area contributed by atoms with E-state index in [0.717, 1.165) is 11.4 Å². The van der Waals surface area contributed by atoms with E-state index in [-0.39, 0.29) is 5.78 Å². The summed E-state index contributed by atoms with van der Waals surface area (Å²) in [5.74, 6) is 0.154. The molecule has 0 saturated heterocycles. The van der Waals surface area contributed by atoms with Gasteiger partial charge in [-0.15, -0.1) is 0 Å². The number of nitrogens with zero attached hydrogens (tertiary/aromatic N) is 3. The third kappa shape index (κ3) is 1.82. The monoisotopic (exact) mass is 269 g/mol. The number of ketones is 1. The molecule has 0 aliphatic rings. The Morgan fingerprint density at radius 1 is 1.25 bits per heavy atom. The van der Waals surface area contributed by atoms with Crippen LogP contribution < -0.4 is 0 Å². The van der Waals surface area contributed by atoms with Crippen molar-refractivity contribution in [2.45, 2.75) is 20.8 Å². The first kappa shape index (κ1) is 12.6. The Morgan fingerprint density at radius 3 is 2.65 bits per heavy atom. The van der Waals surface area contributed by atoms with Crippen molar-refractivity contribution in [2.75, 3.05) is 0 Å². The summed E-state index contributed by atoms with van der Waals surface area (Å²) in [5.41, 5.74) is 4.36. The van der Waals surface area contributed by atoms with E-state index in [2.05, 4.69) is 10.1 Å². The highest BCUT2D eigenvalue weighted by Crippen LogP contribution is 2.23. The number of pyridine rings is 1. The topological polar surface area (TPSA) is 60.9 Å². The largest absolute Gasteiger partial charge is 0.451 e. The second-order valence-electron chi connectivity index (χ2n) is 4.95. The molecular weight excluding hydrogens is 254 g/mol. The molecule has 0 N–H and O–H groups in total. The lowest BCUT2D eigenvalue weighted by atomic mass is 10.1. The van der Waals surface area contributed by atoms with Gasteiger partial charge in [0.1, 0.15) is 5.52 Å². The van der Waals surface area contributed by atoms with E-state index in [4.69, 9.17) is 4.42 Å². The number of furan rings is 1. The van der Waals surface area contributed by atoms with Crippen molar-refractivity contribution in [3.8, 4) is 0 Å². The van der Waals surface area contributed by atoms with E-state index in [1.54, 1.807) is 10.7 Å². The minimum atomic E-state index is -0.149. The Bertz CT molecular complexity index is 827. The zero-order valence-electron chi connectivity index (χ0n) is 11.9. The highest BCUT2D eigenvalue weighted by molar-refractivity contribution is 6.10. The molecule has 0 unspecified atom stereocenters. The van der Waals surface area contributed by atoms with Gasteiger partial charge in [-0.25, -0.2) is 4.98 Å². The second kappa shape index (κ2) is 4.30. The third-order valence-corrected chi connectivity index (χ3v) is 3.47. The van der Waals surface area contributed by atoms with Crippen LogP contribution in [0.3, 0.4) is 0 Å². The molecule has 3 heterocycles. The molecule has 0 bridgehead atoms. The van der Waals surface area contributed by atoms with Crippen LogP contribution in [0.15, 0.2) is 22.6 Å². The van der Waals surface area contributed by atoms with Crippen LogP contribution in [0.5, 0.6) is 0 Å². The van der Waals surface area contributed by atoms with Crippen LogP contribution in [-0.2, 0) is 7.05 Å². The van der Waals surface area contributed by atoms with Crippen molar-refractivity contribution >= 4 is 16.9 Å². The number of hydrogen-bond donors (Lipinski definition) is 0. The number of carbonyl (C=O) groups excluding carboxylic acids is 1. The SMILES string of the molecule is Cc1ccc2oc(C(=O)c3c(C)nn(C)c3C)cc2n1. The second-order valence-corrected chi connectivity index (χ2v) is 4.95. The van der Waals surface area contributed by atoms with Gasteiger partial charge in [0, 0.05) is 24.5 Å². The maximum Gasteiger partial charge on any atom is 0.231 e. The molecule has 0 fully saturated rings. The predicted octanol–water partition coefficient (Wildman–Crippen LogP) is 2.72. The van der Waals surface area contributed by atoms with Crippen molar-refractivity contribution in [3.63, 3.8) is 0 Å². The molecule has 102 valence electrons. The molecule has 0 aliphatic heterocycles. The maximum absolute atomic E-state index is 12.6. The molecule has 0 amide bonds. The summed E-state index contributed by atoms with van der Waals surface area (Å²) in [7, 11) is 1.82. The number of fused-ring (bicyclic) bond motifs is 1. The summed E-state index contributed by atoms with van der Waals surface area (Å²) in [6.45, 7) is 5.60. The Morgan fingerprint density at radius 2 is 2.00 bits per heavy atom. The molecule has 5 heteroatoms. The molecule has 0 saturated carbocycles. The molecule has 3 aromatic heterocycles. The maximum atomic E-state index is 12.6. The highest BCUT2D eigenvalue weighted by Gasteiger charge is 2.22. The molecule has 3 aromatic rings.